The Balaban J connectivity index is 1.80. The average Bonchev–Trinajstić information content (AvgIpc) is 3.18. The fourth-order valence-electron chi connectivity index (χ4n) is 3.66. The number of hydrogen-bond donors (Lipinski definition) is 2. The number of nitrogens with zero attached hydrogens (tertiary/aromatic N) is 1. The molecule has 2 aromatic rings. The van der Waals surface area contributed by atoms with E-state index in [0.717, 1.165) is 17.0 Å². The van der Waals surface area contributed by atoms with Gasteiger partial charge in [-0.25, -0.2) is 0 Å². The molecule has 1 aliphatic heterocycles. The van der Waals surface area contributed by atoms with E-state index in [-0.39, 0.29) is 11.8 Å². The van der Waals surface area contributed by atoms with Crippen LogP contribution in [0.4, 0.5) is 5.82 Å². The lowest BCUT2D eigenvalue weighted by atomic mass is 9.80. The summed E-state index contributed by atoms with van der Waals surface area (Å²) >= 11 is 0. The molecule has 0 spiro atoms. The lowest BCUT2D eigenvalue weighted by molar-refractivity contribution is -0.117. The number of hydrogen-bond acceptors (Lipinski definition) is 3. The quantitative estimate of drug-likeness (QED) is 0.880. The maximum Gasteiger partial charge on any atom is 0.226 e. The number of carbonyl (C=O) groups excluding carboxylic acids is 1. The van der Waals surface area contributed by atoms with Crippen LogP contribution in [0.25, 0.3) is 11.5 Å². The van der Waals surface area contributed by atoms with Crippen LogP contribution in [0.5, 0.6) is 0 Å². The van der Waals surface area contributed by atoms with Crippen LogP contribution in [0.1, 0.15) is 43.6 Å². The van der Waals surface area contributed by atoms with E-state index < -0.39 is 0 Å². The standard InChI is InChI=1S/C15H17N3O2/c19-12-8-10(9-4-1-2-5-9)13-14(11-6-3-7-20-11)17-18-15(13)16-12/h3,6-7,9-10H,1-2,4-5,8H2,(H2,16,17,18,19)/t10-/m1/s1. The summed E-state index contributed by atoms with van der Waals surface area (Å²) in [4.78, 5) is 11.9. The normalized spacial score (nSPS) is 22.8. The summed E-state index contributed by atoms with van der Waals surface area (Å²) in [5, 5.41) is 10.2. The highest BCUT2D eigenvalue weighted by Crippen LogP contribution is 2.46. The molecule has 0 aromatic carbocycles. The zero-order chi connectivity index (χ0) is 13.5. The molecule has 2 N–H and O–H groups in total. The molecule has 5 heteroatoms. The van der Waals surface area contributed by atoms with E-state index in [4.69, 9.17) is 4.42 Å². The molecule has 2 aliphatic rings. The zero-order valence-corrected chi connectivity index (χ0v) is 11.2. The van der Waals surface area contributed by atoms with E-state index in [1.807, 2.05) is 12.1 Å². The average molecular weight is 271 g/mol. The number of nitrogens with one attached hydrogen (secondary N) is 2. The highest BCUT2D eigenvalue weighted by molar-refractivity contribution is 5.95. The fourth-order valence-corrected chi connectivity index (χ4v) is 3.66. The number of amides is 1. The lowest BCUT2D eigenvalue weighted by Gasteiger charge is -2.27. The molecule has 3 heterocycles. The van der Waals surface area contributed by atoms with Gasteiger partial charge in [0.15, 0.2) is 11.6 Å². The molecule has 0 unspecified atom stereocenters. The third kappa shape index (κ3) is 1.77. The van der Waals surface area contributed by atoms with Gasteiger partial charge in [-0.05, 0) is 30.9 Å². The highest BCUT2D eigenvalue weighted by Gasteiger charge is 2.37. The predicted molar refractivity (Wildman–Crippen MR) is 74.2 cm³/mol. The van der Waals surface area contributed by atoms with E-state index in [1.165, 1.54) is 25.7 Å². The van der Waals surface area contributed by atoms with Gasteiger partial charge in [0.1, 0.15) is 5.69 Å². The Labute approximate surface area is 116 Å². The summed E-state index contributed by atoms with van der Waals surface area (Å²) < 4.78 is 5.50. The first-order chi connectivity index (χ1) is 9.83. The van der Waals surface area contributed by atoms with Crippen LogP contribution in [0.3, 0.4) is 0 Å². The summed E-state index contributed by atoms with van der Waals surface area (Å²) in [5.41, 5.74) is 2.05. The summed E-state index contributed by atoms with van der Waals surface area (Å²) in [6.07, 6.45) is 7.18. The molecule has 1 saturated carbocycles. The van der Waals surface area contributed by atoms with Gasteiger partial charge in [-0.15, -0.1) is 0 Å². The van der Waals surface area contributed by atoms with Crippen LogP contribution < -0.4 is 5.32 Å². The molecule has 2 aromatic heterocycles. The Morgan fingerprint density at radius 3 is 2.90 bits per heavy atom. The number of aromatic nitrogens is 2. The zero-order valence-electron chi connectivity index (χ0n) is 11.2. The van der Waals surface area contributed by atoms with Crippen LogP contribution in [-0.2, 0) is 4.79 Å². The molecule has 1 fully saturated rings. The second-order valence-corrected chi connectivity index (χ2v) is 5.74. The molecule has 1 atom stereocenters. The van der Waals surface area contributed by atoms with Gasteiger partial charge in [0.05, 0.1) is 6.26 Å². The molecule has 1 aliphatic carbocycles. The minimum absolute atomic E-state index is 0.0758. The smallest absolute Gasteiger partial charge is 0.226 e. The van der Waals surface area contributed by atoms with Crippen molar-refractivity contribution in [1.82, 2.24) is 10.2 Å². The largest absolute Gasteiger partial charge is 0.463 e. The van der Waals surface area contributed by atoms with Crippen LogP contribution >= 0.6 is 0 Å². The van der Waals surface area contributed by atoms with Crippen LogP contribution in [0.2, 0.25) is 0 Å². The first kappa shape index (κ1) is 11.8. The van der Waals surface area contributed by atoms with Crippen LogP contribution in [-0.4, -0.2) is 16.1 Å². The van der Waals surface area contributed by atoms with Gasteiger partial charge in [0.2, 0.25) is 5.91 Å². The van der Waals surface area contributed by atoms with E-state index >= 15 is 0 Å². The second-order valence-electron chi connectivity index (χ2n) is 5.74. The summed E-state index contributed by atoms with van der Waals surface area (Å²) in [5.74, 6) is 2.40. The van der Waals surface area contributed by atoms with Crippen LogP contribution in [0, 0.1) is 5.92 Å². The van der Waals surface area contributed by atoms with E-state index in [2.05, 4.69) is 15.5 Å². The number of aromatic amines is 1. The summed E-state index contributed by atoms with van der Waals surface area (Å²) in [6.45, 7) is 0. The number of anilines is 1. The minimum Gasteiger partial charge on any atom is -0.463 e. The summed E-state index contributed by atoms with van der Waals surface area (Å²) in [6, 6.07) is 3.80. The molecule has 104 valence electrons. The molecule has 5 nitrogen and oxygen atoms in total. The lowest BCUT2D eigenvalue weighted by Crippen LogP contribution is -2.26. The fraction of sp³-hybridized carbons (Fsp3) is 0.467. The number of carbonyl (C=O) groups is 1. The molecule has 4 rings (SSSR count). The Morgan fingerprint density at radius 2 is 2.15 bits per heavy atom. The number of fused-ring (bicyclic) bond motifs is 1. The molecule has 1 amide bonds. The van der Waals surface area contributed by atoms with Crippen LogP contribution in [0.15, 0.2) is 22.8 Å². The Hall–Kier alpha value is -2.04. The molecule has 20 heavy (non-hydrogen) atoms. The van der Waals surface area contributed by atoms with Crippen molar-refractivity contribution >= 4 is 11.7 Å². The third-order valence-electron chi connectivity index (χ3n) is 4.57. The second kappa shape index (κ2) is 4.51. The minimum atomic E-state index is 0.0758. The van der Waals surface area contributed by atoms with Crippen molar-refractivity contribution in [2.45, 2.75) is 38.0 Å². The Kier molecular flexibility index (Phi) is 2.65. The summed E-state index contributed by atoms with van der Waals surface area (Å²) in [7, 11) is 0. The van der Waals surface area contributed by atoms with Gasteiger partial charge in [-0.1, -0.05) is 12.8 Å². The van der Waals surface area contributed by atoms with Gasteiger partial charge in [-0.3, -0.25) is 9.89 Å². The van der Waals surface area contributed by atoms with Crippen molar-refractivity contribution in [2.24, 2.45) is 5.92 Å². The van der Waals surface area contributed by atoms with Gasteiger partial charge in [-0.2, -0.15) is 5.10 Å². The topological polar surface area (TPSA) is 70.9 Å². The van der Waals surface area contributed by atoms with Gasteiger partial charge >= 0.3 is 0 Å². The molecule has 0 radical (unpaired) electrons. The van der Waals surface area contributed by atoms with Crippen molar-refractivity contribution in [3.63, 3.8) is 0 Å². The first-order valence-electron chi connectivity index (χ1n) is 7.25. The number of furan rings is 1. The SMILES string of the molecule is O=C1C[C@H](C2CCCC2)c2c(n[nH]c2-c2ccco2)N1. The van der Waals surface area contributed by atoms with Gasteiger partial charge in [0, 0.05) is 17.9 Å². The maximum absolute atomic E-state index is 11.9. The number of rotatable bonds is 2. The molecule has 0 saturated heterocycles. The highest BCUT2D eigenvalue weighted by atomic mass is 16.3. The van der Waals surface area contributed by atoms with Gasteiger partial charge < -0.3 is 9.73 Å². The molecule has 0 bridgehead atoms. The monoisotopic (exact) mass is 271 g/mol. The number of H-pyrrole nitrogens is 1. The molecular weight excluding hydrogens is 254 g/mol. The van der Waals surface area contributed by atoms with E-state index in [1.54, 1.807) is 6.26 Å². The Bertz CT molecular complexity index is 624. The molecular formula is C15H17N3O2. The maximum atomic E-state index is 11.9. The van der Waals surface area contributed by atoms with Crippen molar-refractivity contribution in [3.05, 3.63) is 24.0 Å². The van der Waals surface area contributed by atoms with Gasteiger partial charge in [0.25, 0.3) is 0 Å². The third-order valence-corrected chi connectivity index (χ3v) is 4.57. The van der Waals surface area contributed by atoms with Crippen molar-refractivity contribution in [1.29, 1.82) is 0 Å². The first-order valence-corrected chi connectivity index (χ1v) is 7.25. The van der Waals surface area contributed by atoms with Crippen molar-refractivity contribution < 1.29 is 9.21 Å². The van der Waals surface area contributed by atoms with E-state index in [0.29, 0.717) is 18.2 Å². The Morgan fingerprint density at radius 1 is 1.30 bits per heavy atom. The van der Waals surface area contributed by atoms with Crippen molar-refractivity contribution in [2.75, 3.05) is 5.32 Å². The van der Waals surface area contributed by atoms with E-state index in [9.17, 15) is 4.79 Å². The predicted octanol–water partition coefficient (Wildman–Crippen LogP) is 3.29. The van der Waals surface area contributed by atoms with Crippen molar-refractivity contribution in [3.8, 4) is 11.5 Å².